The third kappa shape index (κ3) is 4.21. The van der Waals surface area contributed by atoms with Crippen molar-refractivity contribution in [2.75, 3.05) is 53.9 Å². The topological polar surface area (TPSA) is 30.0 Å². The monoisotopic (exact) mass is 243 g/mol. The Morgan fingerprint density at radius 2 is 2.00 bits per heavy atom. The molecular formula is C13H29N3O. The lowest BCUT2D eigenvalue weighted by Crippen LogP contribution is -2.54. The molecule has 1 rings (SSSR count). The summed E-state index contributed by atoms with van der Waals surface area (Å²) in [5.74, 6) is 0. The van der Waals surface area contributed by atoms with Gasteiger partial charge in [-0.25, -0.2) is 0 Å². The van der Waals surface area contributed by atoms with Crippen molar-refractivity contribution in [2.24, 2.45) is 0 Å². The summed E-state index contributed by atoms with van der Waals surface area (Å²) in [5.41, 5.74) is 0.175. The molecule has 1 aliphatic rings. The van der Waals surface area contributed by atoms with Crippen LogP contribution in [0.2, 0.25) is 0 Å². The minimum atomic E-state index is 0.175. The van der Waals surface area contributed by atoms with E-state index in [9.17, 15) is 5.11 Å². The van der Waals surface area contributed by atoms with Gasteiger partial charge >= 0.3 is 0 Å². The molecule has 0 spiro atoms. The summed E-state index contributed by atoms with van der Waals surface area (Å²) in [6, 6.07) is 0.262. The molecule has 0 aromatic heterocycles. The molecule has 1 aliphatic heterocycles. The molecule has 0 aromatic carbocycles. The predicted octanol–water partition coefficient (Wildman–Crippen LogP) is 0.325. The maximum Gasteiger partial charge on any atom is 0.0599 e. The van der Waals surface area contributed by atoms with Crippen LogP contribution in [-0.2, 0) is 0 Å². The Kier molecular flexibility index (Phi) is 5.38. The first-order valence-corrected chi connectivity index (χ1v) is 6.57. The maximum absolute atomic E-state index is 9.62. The van der Waals surface area contributed by atoms with Gasteiger partial charge in [0, 0.05) is 31.2 Å². The van der Waals surface area contributed by atoms with Gasteiger partial charge in [-0.05, 0) is 48.0 Å². The highest BCUT2D eigenvalue weighted by atomic mass is 16.3. The molecule has 1 atom stereocenters. The van der Waals surface area contributed by atoms with E-state index in [-0.39, 0.29) is 18.2 Å². The molecule has 0 radical (unpaired) electrons. The maximum atomic E-state index is 9.62. The van der Waals surface area contributed by atoms with E-state index in [4.69, 9.17) is 0 Å². The zero-order chi connectivity index (χ0) is 13.1. The molecule has 17 heavy (non-hydrogen) atoms. The Balaban J connectivity index is 2.75. The Morgan fingerprint density at radius 1 is 1.35 bits per heavy atom. The van der Waals surface area contributed by atoms with Crippen LogP contribution < -0.4 is 0 Å². The molecule has 0 aromatic rings. The van der Waals surface area contributed by atoms with Crippen LogP contribution in [0.4, 0.5) is 0 Å². The Labute approximate surface area is 106 Å². The van der Waals surface area contributed by atoms with E-state index < -0.39 is 0 Å². The smallest absolute Gasteiger partial charge is 0.0599 e. The van der Waals surface area contributed by atoms with Crippen LogP contribution in [0.25, 0.3) is 0 Å². The first-order valence-electron chi connectivity index (χ1n) is 6.57. The van der Waals surface area contributed by atoms with E-state index in [2.05, 4.69) is 49.7 Å². The standard InChI is InChI=1S/C13H29N3O/c1-13(2)6-7-15(5)10-12(11-17)16(13)9-8-14(3)4/h12,17H,6-11H2,1-5H3. The Morgan fingerprint density at radius 3 is 2.53 bits per heavy atom. The quantitative estimate of drug-likeness (QED) is 0.770. The lowest BCUT2D eigenvalue weighted by atomic mass is 9.97. The van der Waals surface area contributed by atoms with Gasteiger partial charge in [0.1, 0.15) is 0 Å². The summed E-state index contributed by atoms with van der Waals surface area (Å²) in [5, 5.41) is 9.62. The van der Waals surface area contributed by atoms with Gasteiger partial charge in [-0.1, -0.05) is 0 Å². The third-order valence-electron chi connectivity index (χ3n) is 3.84. The second-order valence-electron chi connectivity index (χ2n) is 6.16. The van der Waals surface area contributed by atoms with Crippen molar-refractivity contribution in [3.05, 3.63) is 0 Å². The van der Waals surface area contributed by atoms with Crippen LogP contribution in [0.5, 0.6) is 0 Å². The first-order chi connectivity index (χ1) is 7.86. The van der Waals surface area contributed by atoms with E-state index in [1.807, 2.05) is 0 Å². The van der Waals surface area contributed by atoms with Gasteiger partial charge in [0.2, 0.25) is 0 Å². The Bertz CT molecular complexity index is 231. The van der Waals surface area contributed by atoms with Gasteiger partial charge in [0.25, 0.3) is 0 Å². The van der Waals surface area contributed by atoms with Crippen LogP contribution in [0.1, 0.15) is 20.3 Å². The molecule has 1 N–H and O–H groups in total. The fraction of sp³-hybridized carbons (Fsp3) is 1.00. The van der Waals surface area contributed by atoms with Crippen molar-refractivity contribution in [3.8, 4) is 0 Å². The summed E-state index contributed by atoms with van der Waals surface area (Å²) in [6.45, 7) is 8.99. The average Bonchev–Trinajstić information content (AvgIpc) is 2.34. The molecule has 0 aliphatic carbocycles. The van der Waals surface area contributed by atoms with E-state index in [0.29, 0.717) is 0 Å². The summed E-state index contributed by atoms with van der Waals surface area (Å²) in [6.07, 6.45) is 1.16. The number of aliphatic hydroxyl groups excluding tert-OH is 1. The van der Waals surface area contributed by atoms with Gasteiger partial charge in [0.15, 0.2) is 0 Å². The zero-order valence-electron chi connectivity index (χ0n) is 12.1. The first kappa shape index (κ1) is 14.9. The number of likely N-dealkylation sites (N-methyl/N-ethyl adjacent to an activating group) is 2. The lowest BCUT2D eigenvalue weighted by molar-refractivity contribution is 0.0367. The van der Waals surface area contributed by atoms with E-state index >= 15 is 0 Å². The van der Waals surface area contributed by atoms with Crippen LogP contribution in [0.3, 0.4) is 0 Å². The molecule has 0 amide bonds. The van der Waals surface area contributed by atoms with Crippen molar-refractivity contribution in [1.29, 1.82) is 0 Å². The van der Waals surface area contributed by atoms with Crippen LogP contribution in [0, 0.1) is 0 Å². The van der Waals surface area contributed by atoms with Crippen molar-refractivity contribution in [2.45, 2.75) is 31.8 Å². The van der Waals surface area contributed by atoms with Gasteiger partial charge in [-0.3, -0.25) is 4.90 Å². The zero-order valence-corrected chi connectivity index (χ0v) is 12.1. The summed E-state index contributed by atoms with van der Waals surface area (Å²) >= 11 is 0. The summed E-state index contributed by atoms with van der Waals surface area (Å²) in [7, 11) is 6.35. The molecule has 4 nitrogen and oxygen atoms in total. The normalized spacial score (nSPS) is 27.4. The Hall–Kier alpha value is -0.160. The van der Waals surface area contributed by atoms with E-state index in [1.165, 1.54) is 0 Å². The van der Waals surface area contributed by atoms with E-state index in [0.717, 1.165) is 32.6 Å². The second-order valence-corrected chi connectivity index (χ2v) is 6.16. The highest BCUT2D eigenvalue weighted by Gasteiger charge is 2.35. The highest BCUT2D eigenvalue weighted by Crippen LogP contribution is 2.25. The number of hydrogen-bond donors (Lipinski definition) is 1. The van der Waals surface area contributed by atoms with Crippen molar-refractivity contribution < 1.29 is 5.11 Å². The minimum Gasteiger partial charge on any atom is -0.395 e. The molecule has 1 heterocycles. The second kappa shape index (κ2) is 6.14. The van der Waals surface area contributed by atoms with Gasteiger partial charge in [-0.15, -0.1) is 0 Å². The summed E-state index contributed by atoms with van der Waals surface area (Å²) in [4.78, 5) is 7.02. The molecule has 1 fully saturated rings. The van der Waals surface area contributed by atoms with Crippen molar-refractivity contribution >= 4 is 0 Å². The lowest BCUT2D eigenvalue weighted by Gasteiger charge is -2.42. The van der Waals surface area contributed by atoms with Gasteiger partial charge < -0.3 is 14.9 Å². The molecular weight excluding hydrogens is 214 g/mol. The van der Waals surface area contributed by atoms with Gasteiger partial charge in [0.05, 0.1) is 6.61 Å². The predicted molar refractivity (Wildman–Crippen MR) is 72.3 cm³/mol. The highest BCUT2D eigenvalue weighted by molar-refractivity contribution is 4.91. The fourth-order valence-electron chi connectivity index (χ4n) is 2.60. The summed E-state index contributed by atoms with van der Waals surface area (Å²) < 4.78 is 0. The molecule has 4 heteroatoms. The number of hydrogen-bond acceptors (Lipinski definition) is 4. The van der Waals surface area contributed by atoms with Crippen LogP contribution >= 0.6 is 0 Å². The molecule has 102 valence electrons. The molecule has 1 unspecified atom stereocenters. The SMILES string of the molecule is CN(C)CCN1C(CO)CN(C)CCC1(C)C. The molecule has 0 bridgehead atoms. The van der Waals surface area contributed by atoms with Gasteiger partial charge in [-0.2, -0.15) is 0 Å². The minimum absolute atomic E-state index is 0.175. The molecule has 0 saturated carbocycles. The van der Waals surface area contributed by atoms with Crippen molar-refractivity contribution in [1.82, 2.24) is 14.7 Å². The molecule has 1 saturated heterocycles. The fourth-order valence-corrected chi connectivity index (χ4v) is 2.60. The van der Waals surface area contributed by atoms with Crippen molar-refractivity contribution in [3.63, 3.8) is 0 Å². The number of nitrogens with zero attached hydrogens (tertiary/aromatic N) is 3. The third-order valence-corrected chi connectivity index (χ3v) is 3.84. The van der Waals surface area contributed by atoms with Crippen LogP contribution in [0.15, 0.2) is 0 Å². The number of rotatable bonds is 4. The number of aliphatic hydroxyl groups is 1. The largest absolute Gasteiger partial charge is 0.395 e. The van der Waals surface area contributed by atoms with E-state index in [1.54, 1.807) is 0 Å². The average molecular weight is 243 g/mol. The van der Waals surface area contributed by atoms with Crippen LogP contribution in [-0.4, -0.2) is 85.3 Å².